The number of allylic oxidation sites excluding steroid dienone is 1. The van der Waals surface area contributed by atoms with Crippen molar-refractivity contribution in [2.24, 2.45) is 20.9 Å². The maximum absolute atomic E-state index is 14.7. The summed E-state index contributed by atoms with van der Waals surface area (Å²) in [7, 11) is 1.87. The molecule has 0 amide bonds. The van der Waals surface area contributed by atoms with Gasteiger partial charge in [-0.15, -0.1) is 0 Å². The van der Waals surface area contributed by atoms with Gasteiger partial charge < -0.3 is 20.1 Å². The number of rotatable bonds is 9. The topological polar surface area (TPSA) is 69.3 Å². The van der Waals surface area contributed by atoms with Gasteiger partial charge in [-0.2, -0.15) is 13.2 Å². The van der Waals surface area contributed by atoms with Crippen molar-refractivity contribution in [2.75, 3.05) is 38.5 Å². The molecule has 5 rings (SSSR count). The molecule has 11 heteroatoms. The van der Waals surface area contributed by atoms with Crippen molar-refractivity contribution in [1.29, 1.82) is 0 Å². The summed E-state index contributed by atoms with van der Waals surface area (Å²) >= 11 is 0. The molecule has 0 radical (unpaired) electrons. The first-order chi connectivity index (χ1) is 19.0. The second kappa shape index (κ2) is 11.2. The van der Waals surface area contributed by atoms with E-state index in [1.54, 1.807) is 24.3 Å². The van der Waals surface area contributed by atoms with E-state index in [2.05, 4.69) is 46.0 Å². The van der Waals surface area contributed by atoms with E-state index >= 15 is 0 Å². The molecule has 1 aromatic carbocycles. The number of anilines is 1. The minimum Gasteiger partial charge on any atom is -0.379 e. The van der Waals surface area contributed by atoms with Gasteiger partial charge in [0.25, 0.3) is 0 Å². The number of hydrogen-bond acceptors (Lipinski definition) is 6. The third kappa shape index (κ3) is 6.14. The van der Waals surface area contributed by atoms with Gasteiger partial charge in [-0.1, -0.05) is 32.6 Å². The summed E-state index contributed by atoms with van der Waals surface area (Å²) in [5.74, 6) is 0.607. The number of piperidine rings is 1. The van der Waals surface area contributed by atoms with Crippen LogP contribution in [0.3, 0.4) is 0 Å². The number of amidine groups is 1. The highest BCUT2D eigenvalue weighted by Gasteiger charge is 2.32. The van der Waals surface area contributed by atoms with E-state index < -0.39 is 24.9 Å². The predicted octanol–water partition coefficient (Wildman–Crippen LogP) is 5.35. The van der Waals surface area contributed by atoms with Crippen LogP contribution in [0.25, 0.3) is 10.9 Å². The molecule has 2 N–H and O–H groups in total. The zero-order chi connectivity index (χ0) is 28.6. The van der Waals surface area contributed by atoms with Gasteiger partial charge in [0.1, 0.15) is 12.7 Å². The Morgan fingerprint density at radius 1 is 1.23 bits per heavy atom. The SMILES string of the molecule is C=C(NCC1=NC(c2cc3c(NC4CCN(C)CC4F)cccc3n2CC(F)(F)F)=NC1)C1=CCC(C(C)C)=N1. The summed E-state index contributed by atoms with van der Waals surface area (Å²) in [5.41, 5.74) is 4.54. The van der Waals surface area contributed by atoms with Crippen LogP contribution in [-0.2, 0) is 6.54 Å². The number of nitrogens with zero attached hydrogens (tertiary/aromatic N) is 5. The van der Waals surface area contributed by atoms with Crippen LogP contribution >= 0.6 is 0 Å². The van der Waals surface area contributed by atoms with Gasteiger partial charge in [0.05, 0.1) is 47.4 Å². The summed E-state index contributed by atoms with van der Waals surface area (Å²) in [6.45, 7) is 8.77. The summed E-state index contributed by atoms with van der Waals surface area (Å²) in [6, 6.07) is 6.37. The van der Waals surface area contributed by atoms with E-state index in [1.807, 2.05) is 18.0 Å². The summed E-state index contributed by atoms with van der Waals surface area (Å²) < 4.78 is 57.0. The molecule has 0 aliphatic carbocycles. The Hall–Kier alpha value is -3.47. The van der Waals surface area contributed by atoms with Crippen molar-refractivity contribution in [3.05, 3.63) is 54.0 Å². The predicted molar refractivity (Wildman–Crippen MR) is 153 cm³/mol. The molecule has 0 saturated carbocycles. The Bertz CT molecular complexity index is 1410. The van der Waals surface area contributed by atoms with Crippen molar-refractivity contribution in [3.63, 3.8) is 0 Å². The van der Waals surface area contributed by atoms with E-state index in [9.17, 15) is 17.6 Å². The molecular formula is C29H35F4N7. The number of benzene rings is 1. The molecule has 1 fully saturated rings. The summed E-state index contributed by atoms with van der Waals surface area (Å²) in [5, 5.41) is 7.07. The van der Waals surface area contributed by atoms with Crippen LogP contribution in [0.15, 0.2) is 63.3 Å². The fourth-order valence-corrected chi connectivity index (χ4v) is 5.29. The highest BCUT2D eigenvalue weighted by atomic mass is 19.4. The fraction of sp³-hybridized carbons (Fsp3) is 0.483. The van der Waals surface area contributed by atoms with Gasteiger partial charge >= 0.3 is 6.18 Å². The Labute approximate surface area is 231 Å². The number of likely N-dealkylation sites (tertiary alicyclic amines) is 1. The smallest absolute Gasteiger partial charge is 0.379 e. The minimum absolute atomic E-state index is 0.247. The number of aromatic nitrogens is 1. The number of nitrogens with one attached hydrogen (secondary N) is 2. The first-order valence-corrected chi connectivity index (χ1v) is 13.6. The first-order valence-electron chi connectivity index (χ1n) is 13.6. The van der Waals surface area contributed by atoms with Crippen LogP contribution in [0, 0.1) is 5.92 Å². The zero-order valence-electron chi connectivity index (χ0n) is 23.0. The maximum atomic E-state index is 14.7. The molecule has 214 valence electrons. The number of fused-ring (bicyclic) bond motifs is 1. The van der Waals surface area contributed by atoms with Crippen LogP contribution < -0.4 is 10.6 Å². The molecule has 2 unspecified atom stereocenters. The van der Waals surface area contributed by atoms with Crippen LogP contribution in [0.4, 0.5) is 23.2 Å². The monoisotopic (exact) mass is 557 g/mol. The third-order valence-corrected chi connectivity index (χ3v) is 7.52. The van der Waals surface area contributed by atoms with E-state index in [-0.39, 0.29) is 18.1 Å². The molecule has 1 aromatic heterocycles. The van der Waals surface area contributed by atoms with Crippen molar-refractivity contribution >= 4 is 33.8 Å². The molecule has 7 nitrogen and oxygen atoms in total. The van der Waals surface area contributed by atoms with Gasteiger partial charge in [0, 0.05) is 36.3 Å². The van der Waals surface area contributed by atoms with Gasteiger partial charge in [0.15, 0.2) is 5.84 Å². The summed E-state index contributed by atoms with van der Waals surface area (Å²) in [6.07, 6.45) is -2.10. The second-order valence-corrected chi connectivity index (χ2v) is 11.0. The average Bonchev–Trinajstić information content (AvgIpc) is 3.63. The van der Waals surface area contributed by atoms with E-state index in [1.165, 1.54) is 4.57 Å². The van der Waals surface area contributed by atoms with E-state index in [0.29, 0.717) is 53.4 Å². The lowest BCUT2D eigenvalue weighted by atomic mass is 10.0. The van der Waals surface area contributed by atoms with Crippen molar-refractivity contribution in [2.45, 2.75) is 51.6 Å². The lowest BCUT2D eigenvalue weighted by Gasteiger charge is -2.33. The molecule has 0 bridgehead atoms. The van der Waals surface area contributed by atoms with E-state index in [4.69, 9.17) is 0 Å². The van der Waals surface area contributed by atoms with Crippen LogP contribution in [0.1, 0.15) is 32.4 Å². The quantitative estimate of drug-likeness (QED) is 0.409. The number of aliphatic imine (C=N–C) groups is 3. The molecule has 3 aliphatic rings. The zero-order valence-corrected chi connectivity index (χ0v) is 23.0. The Kier molecular flexibility index (Phi) is 7.85. The molecule has 0 spiro atoms. The molecule has 2 aromatic rings. The molecule has 2 atom stereocenters. The number of alkyl halides is 4. The van der Waals surface area contributed by atoms with Crippen molar-refractivity contribution in [3.8, 4) is 0 Å². The van der Waals surface area contributed by atoms with E-state index in [0.717, 1.165) is 24.4 Å². The third-order valence-electron chi connectivity index (χ3n) is 7.52. The Morgan fingerprint density at radius 3 is 2.73 bits per heavy atom. The average molecular weight is 558 g/mol. The van der Waals surface area contributed by atoms with Crippen LogP contribution in [-0.4, -0.2) is 78.3 Å². The number of hydrogen-bond donors (Lipinski definition) is 2. The molecule has 3 aliphatic heterocycles. The molecule has 4 heterocycles. The highest BCUT2D eigenvalue weighted by Crippen LogP contribution is 2.32. The van der Waals surface area contributed by atoms with Crippen LogP contribution in [0.2, 0.25) is 0 Å². The standard InChI is InChI=1S/C29H35F4N7/c1-17(2)22-8-9-23(37-22)18(3)34-13-19-14-35-28(36-19)27-12-20-24(38-25-10-11-39(4)15-21(25)30)6-5-7-26(20)40(27)16-29(31,32)33/h5-7,9,12,17,21,25,34,38H,3,8,10-11,13-16H2,1-2,4H3. The lowest BCUT2D eigenvalue weighted by molar-refractivity contribution is -0.139. The second-order valence-electron chi connectivity index (χ2n) is 11.0. The largest absolute Gasteiger partial charge is 0.406 e. The molecule has 40 heavy (non-hydrogen) atoms. The van der Waals surface area contributed by atoms with Gasteiger partial charge in [0.2, 0.25) is 0 Å². The normalized spacial score (nSPS) is 21.9. The Balaban J connectivity index is 1.37. The number of halogens is 4. The van der Waals surface area contributed by atoms with Crippen molar-refractivity contribution in [1.82, 2.24) is 14.8 Å². The maximum Gasteiger partial charge on any atom is 0.406 e. The van der Waals surface area contributed by atoms with Gasteiger partial charge in [-0.3, -0.25) is 9.98 Å². The fourth-order valence-electron chi connectivity index (χ4n) is 5.29. The lowest BCUT2D eigenvalue weighted by Crippen LogP contribution is -2.46. The summed E-state index contributed by atoms with van der Waals surface area (Å²) in [4.78, 5) is 15.6. The Morgan fingerprint density at radius 2 is 2.02 bits per heavy atom. The highest BCUT2D eigenvalue weighted by molar-refractivity contribution is 6.14. The van der Waals surface area contributed by atoms with Crippen molar-refractivity contribution < 1.29 is 17.6 Å². The van der Waals surface area contributed by atoms with Gasteiger partial charge in [-0.05, 0) is 37.6 Å². The molecule has 1 saturated heterocycles. The molecular weight excluding hydrogens is 522 g/mol. The first kappa shape index (κ1) is 28.1. The van der Waals surface area contributed by atoms with Gasteiger partial charge in [-0.25, -0.2) is 9.38 Å². The van der Waals surface area contributed by atoms with Crippen LogP contribution in [0.5, 0.6) is 0 Å². The minimum atomic E-state index is -4.45.